The van der Waals surface area contributed by atoms with Crippen LogP contribution >= 0.6 is 0 Å². The maximum atomic E-state index is 12.6. The third-order valence-electron chi connectivity index (χ3n) is 2.91. The summed E-state index contributed by atoms with van der Waals surface area (Å²) in [6.45, 7) is 0. The van der Waals surface area contributed by atoms with Crippen molar-refractivity contribution in [1.29, 1.82) is 0 Å². The van der Waals surface area contributed by atoms with Gasteiger partial charge in [0.15, 0.2) is 0 Å². The highest BCUT2D eigenvalue weighted by Crippen LogP contribution is 2.29. The minimum Gasteiger partial charge on any atom is -0.267 e. The van der Waals surface area contributed by atoms with Gasteiger partial charge in [0.05, 0.1) is 16.7 Å². The van der Waals surface area contributed by atoms with Gasteiger partial charge in [-0.05, 0) is 18.2 Å². The minimum atomic E-state index is -4.55. The number of benzene rings is 2. The Bertz CT molecular complexity index is 804. The first-order valence-electron chi connectivity index (χ1n) is 6.52. The van der Waals surface area contributed by atoms with Gasteiger partial charge in [0.2, 0.25) is 0 Å². The van der Waals surface area contributed by atoms with Gasteiger partial charge in [-0.1, -0.05) is 18.2 Å². The van der Waals surface area contributed by atoms with Crippen molar-refractivity contribution in [3.8, 4) is 0 Å². The van der Waals surface area contributed by atoms with Crippen LogP contribution in [0.3, 0.4) is 0 Å². The number of amides is 1. The lowest BCUT2D eigenvalue weighted by Gasteiger charge is -2.07. The third kappa shape index (κ3) is 4.38. The predicted molar refractivity (Wildman–Crippen MR) is 79.6 cm³/mol. The van der Waals surface area contributed by atoms with E-state index in [2.05, 4.69) is 10.5 Å². The zero-order valence-electron chi connectivity index (χ0n) is 11.9. The molecule has 0 fully saturated rings. The lowest BCUT2D eigenvalue weighted by Crippen LogP contribution is -2.18. The molecule has 0 heterocycles. The van der Waals surface area contributed by atoms with Crippen molar-refractivity contribution < 1.29 is 22.9 Å². The molecule has 0 saturated heterocycles. The number of nitro benzene ring substituents is 1. The van der Waals surface area contributed by atoms with Crippen molar-refractivity contribution in [2.24, 2.45) is 5.10 Å². The van der Waals surface area contributed by atoms with Crippen molar-refractivity contribution in [2.45, 2.75) is 6.18 Å². The number of nitrogens with zero attached hydrogens (tertiary/aromatic N) is 2. The highest BCUT2D eigenvalue weighted by molar-refractivity contribution is 5.95. The summed E-state index contributed by atoms with van der Waals surface area (Å²) in [5.41, 5.74) is 1.12. The molecule has 124 valence electrons. The Morgan fingerprint density at radius 2 is 1.88 bits per heavy atom. The van der Waals surface area contributed by atoms with Crippen LogP contribution in [0.1, 0.15) is 21.5 Å². The molecule has 24 heavy (non-hydrogen) atoms. The zero-order valence-corrected chi connectivity index (χ0v) is 11.9. The summed E-state index contributed by atoms with van der Waals surface area (Å²) in [5, 5.41) is 14.2. The van der Waals surface area contributed by atoms with Gasteiger partial charge in [-0.3, -0.25) is 14.9 Å². The first-order valence-corrected chi connectivity index (χ1v) is 6.52. The Kier molecular flexibility index (Phi) is 4.93. The fraction of sp³-hybridized carbons (Fsp3) is 0.0667. The second kappa shape index (κ2) is 6.90. The maximum absolute atomic E-state index is 12.6. The van der Waals surface area contributed by atoms with Crippen LogP contribution in [0, 0.1) is 10.1 Å². The maximum Gasteiger partial charge on any atom is 0.416 e. The van der Waals surface area contributed by atoms with Crippen molar-refractivity contribution in [2.75, 3.05) is 0 Å². The van der Waals surface area contributed by atoms with Crippen LogP contribution in [0.2, 0.25) is 0 Å². The molecule has 9 heteroatoms. The molecule has 0 aliphatic rings. The van der Waals surface area contributed by atoms with Crippen molar-refractivity contribution in [1.82, 2.24) is 5.43 Å². The molecule has 1 amide bonds. The number of nitro groups is 1. The van der Waals surface area contributed by atoms with Crippen LogP contribution in [-0.4, -0.2) is 17.0 Å². The van der Waals surface area contributed by atoms with E-state index in [4.69, 9.17) is 0 Å². The number of carbonyl (C=O) groups excluding carboxylic acids is 1. The summed E-state index contributed by atoms with van der Waals surface area (Å²) in [6, 6.07) is 9.37. The molecule has 2 aromatic rings. The quantitative estimate of drug-likeness (QED) is 0.527. The smallest absolute Gasteiger partial charge is 0.267 e. The SMILES string of the molecule is O=C(N/N=C/c1cccc([N+](=O)[O-])c1)c1cccc(C(F)(F)F)c1. The highest BCUT2D eigenvalue weighted by Gasteiger charge is 2.30. The Balaban J connectivity index is 2.08. The molecule has 0 bridgehead atoms. The van der Waals surface area contributed by atoms with Gasteiger partial charge in [-0.25, -0.2) is 5.43 Å². The summed E-state index contributed by atoms with van der Waals surface area (Å²) in [7, 11) is 0. The number of rotatable bonds is 4. The van der Waals surface area contributed by atoms with Gasteiger partial charge in [0, 0.05) is 23.3 Å². The summed E-state index contributed by atoms with van der Waals surface area (Å²) in [5.74, 6) is -0.831. The first kappa shape index (κ1) is 17.1. The van der Waals surface area contributed by atoms with E-state index in [1.165, 1.54) is 30.3 Å². The summed E-state index contributed by atoms with van der Waals surface area (Å²) >= 11 is 0. The molecular formula is C15H10F3N3O3. The molecular weight excluding hydrogens is 327 g/mol. The van der Waals surface area contributed by atoms with Crippen LogP contribution in [0.4, 0.5) is 18.9 Å². The van der Waals surface area contributed by atoms with E-state index in [0.717, 1.165) is 18.3 Å². The number of non-ortho nitro benzene ring substituents is 1. The van der Waals surface area contributed by atoms with Crippen molar-refractivity contribution in [3.05, 3.63) is 75.3 Å². The second-order valence-electron chi connectivity index (χ2n) is 4.63. The van der Waals surface area contributed by atoms with Crippen LogP contribution in [0.25, 0.3) is 0 Å². The number of alkyl halides is 3. The van der Waals surface area contributed by atoms with Crippen LogP contribution in [0.5, 0.6) is 0 Å². The molecule has 0 saturated carbocycles. The lowest BCUT2D eigenvalue weighted by molar-refractivity contribution is -0.384. The summed E-state index contributed by atoms with van der Waals surface area (Å²) in [6.07, 6.45) is -3.40. The van der Waals surface area contributed by atoms with E-state index < -0.39 is 22.6 Å². The highest BCUT2D eigenvalue weighted by atomic mass is 19.4. The first-order chi connectivity index (χ1) is 11.3. The van der Waals surface area contributed by atoms with E-state index in [0.29, 0.717) is 11.6 Å². The Labute approximate surface area is 133 Å². The van der Waals surface area contributed by atoms with Crippen molar-refractivity contribution >= 4 is 17.8 Å². The summed E-state index contributed by atoms with van der Waals surface area (Å²) in [4.78, 5) is 21.8. The van der Waals surface area contributed by atoms with Gasteiger partial charge in [0.25, 0.3) is 11.6 Å². The van der Waals surface area contributed by atoms with E-state index in [1.54, 1.807) is 0 Å². The fourth-order valence-corrected chi connectivity index (χ4v) is 1.79. The van der Waals surface area contributed by atoms with E-state index in [9.17, 15) is 28.1 Å². The molecule has 2 aromatic carbocycles. The molecule has 0 aliphatic carbocycles. The Hall–Kier alpha value is -3.23. The molecule has 0 spiro atoms. The number of hydrazone groups is 1. The average molecular weight is 337 g/mol. The molecule has 0 aromatic heterocycles. The topological polar surface area (TPSA) is 84.6 Å². The molecule has 6 nitrogen and oxygen atoms in total. The minimum absolute atomic E-state index is 0.150. The predicted octanol–water partition coefficient (Wildman–Crippen LogP) is 3.38. The zero-order chi connectivity index (χ0) is 17.7. The molecule has 0 aliphatic heterocycles. The number of hydrogen-bond donors (Lipinski definition) is 1. The normalized spacial score (nSPS) is 11.5. The van der Waals surface area contributed by atoms with Crippen molar-refractivity contribution in [3.63, 3.8) is 0 Å². The Morgan fingerprint density at radius 1 is 1.17 bits per heavy atom. The van der Waals surface area contributed by atoms with Crippen LogP contribution in [0.15, 0.2) is 53.6 Å². The molecule has 0 atom stereocenters. The monoisotopic (exact) mass is 337 g/mol. The van der Waals surface area contributed by atoms with Crippen LogP contribution < -0.4 is 5.43 Å². The Morgan fingerprint density at radius 3 is 2.54 bits per heavy atom. The number of halogens is 3. The van der Waals surface area contributed by atoms with Gasteiger partial charge >= 0.3 is 6.18 Å². The molecule has 2 rings (SSSR count). The summed E-state index contributed by atoms with van der Waals surface area (Å²) < 4.78 is 37.8. The van der Waals surface area contributed by atoms with E-state index in [-0.39, 0.29) is 11.3 Å². The van der Waals surface area contributed by atoms with E-state index >= 15 is 0 Å². The van der Waals surface area contributed by atoms with Gasteiger partial charge in [-0.15, -0.1) is 0 Å². The van der Waals surface area contributed by atoms with E-state index in [1.807, 2.05) is 0 Å². The number of hydrogen-bond acceptors (Lipinski definition) is 4. The standard InChI is InChI=1S/C15H10F3N3O3/c16-15(17,18)12-5-2-4-11(8-12)14(22)20-19-9-10-3-1-6-13(7-10)21(23)24/h1-9H,(H,20,22)/b19-9+. The average Bonchev–Trinajstić information content (AvgIpc) is 2.54. The number of nitrogens with one attached hydrogen (secondary N) is 1. The molecule has 1 N–H and O–H groups in total. The fourth-order valence-electron chi connectivity index (χ4n) is 1.79. The molecule has 0 radical (unpaired) electrons. The van der Waals surface area contributed by atoms with Gasteiger partial charge in [-0.2, -0.15) is 18.3 Å². The van der Waals surface area contributed by atoms with Gasteiger partial charge in [0.1, 0.15) is 0 Å². The molecule has 0 unspecified atom stereocenters. The third-order valence-corrected chi connectivity index (χ3v) is 2.91. The lowest BCUT2D eigenvalue weighted by atomic mass is 10.1. The second-order valence-corrected chi connectivity index (χ2v) is 4.63. The number of carbonyl (C=O) groups is 1. The largest absolute Gasteiger partial charge is 0.416 e. The van der Waals surface area contributed by atoms with Gasteiger partial charge < -0.3 is 0 Å². The van der Waals surface area contributed by atoms with Crippen LogP contribution in [-0.2, 0) is 6.18 Å².